The van der Waals surface area contributed by atoms with Crippen LogP contribution in [0.25, 0.3) is 0 Å². The molecule has 1 heterocycles. The molecule has 4 N–H and O–H groups in total. The van der Waals surface area contributed by atoms with E-state index in [1.54, 1.807) is 6.92 Å². The molecule has 114 valence electrons. The molecule has 2 rings (SSSR count). The lowest BCUT2D eigenvalue weighted by Crippen LogP contribution is -2.26. The average molecular weight is 313 g/mol. The van der Waals surface area contributed by atoms with Crippen LogP contribution < -0.4 is 11.5 Å². The van der Waals surface area contributed by atoms with Gasteiger partial charge in [0.05, 0.1) is 11.3 Å². The number of hydrogen-bond acceptors (Lipinski definition) is 5. The van der Waals surface area contributed by atoms with Crippen molar-refractivity contribution >= 4 is 21.6 Å². The number of nitrogens with zero attached hydrogens (tertiary/aromatic N) is 1. The van der Waals surface area contributed by atoms with Gasteiger partial charge in [-0.2, -0.15) is 0 Å². The van der Waals surface area contributed by atoms with Gasteiger partial charge >= 0.3 is 0 Å². The molecule has 21 heavy (non-hydrogen) atoms. The van der Waals surface area contributed by atoms with Gasteiger partial charge in [-0.1, -0.05) is 0 Å². The summed E-state index contributed by atoms with van der Waals surface area (Å²) in [5, 5.41) is 0. The number of carbonyl (C=O) groups excluding carboxylic acids is 1. The maximum atomic E-state index is 14.1. The first-order chi connectivity index (χ1) is 9.63. The summed E-state index contributed by atoms with van der Waals surface area (Å²) in [6.45, 7) is 1.59. The fourth-order valence-electron chi connectivity index (χ4n) is 2.34. The van der Waals surface area contributed by atoms with Crippen molar-refractivity contribution in [1.29, 1.82) is 0 Å². The Bertz CT molecular complexity index is 730. The number of sulfone groups is 1. The molecule has 0 fully saturated rings. The summed E-state index contributed by atoms with van der Waals surface area (Å²) in [6, 6.07) is 3.68. The van der Waals surface area contributed by atoms with E-state index in [1.807, 2.05) is 0 Å². The van der Waals surface area contributed by atoms with Crippen molar-refractivity contribution in [3.8, 4) is 0 Å². The van der Waals surface area contributed by atoms with E-state index in [0.717, 1.165) is 6.07 Å². The number of rotatable bonds is 2. The van der Waals surface area contributed by atoms with Gasteiger partial charge in [-0.25, -0.2) is 12.8 Å². The first kappa shape index (κ1) is 15.4. The molecular weight excluding hydrogens is 297 g/mol. The smallest absolute Gasteiger partial charge is 0.248 e. The van der Waals surface area contributed by atoms with E-state index in [1.165, 1.54) is 12.1 Å². The van der Waals surface area contributed by atoms with Crippen molar-refractivity contribution in [2.24, 2.45) is 16.5 Å². The zero-order valence-electron chi connectivity index (χ0n) is 11.5. The molecule has 0 saturated carbocycles. The highest BCUT2D eigenvalue weighted by atomic mass is 32.2. The summed E-state index contributed by atoms with van der Waals surface area (Å²) in [4.78, 5) is 15.4. The second-order valence-electron chi connectivity index (χ2n) is 5.28. The zero-order chi connectivity index (χ0) is 15.8. The average Bonchev–Trinajstić information content (AvgIpc) is 2.45. The van der Waals surface area contributed by atoms with Crippen LogP contribution in [-0.4, -0.2) is 31.7 Å². The quantitative estimate of drug-likeness (QED) is 0.817. The van der Waals surface area contributed by atoms with Crippen molar-refractivity contribution < 1.29 is 17.6 Å². The lowest BCUT2D eigenvalue weighted by Gasteiger charge is -2.25. The summed E-state index contributed by atoms with van der Waals surface area (Å²) < 4.78 is 37.6. The topological polar surface area (TPSA) is 116 Å². The third-order valence-electron chi connectivity index (χ3n) is 3.49. The van der Waals surface area contributed by atoms with Crippen LogP contribution in [0.4, 0.5) is 4.39 Å². The first-order valence-electron chi connectivity index (χ1n) is 6.27. The highest BCUT2D eigenvalue weighted by Crippen LogP contribution is 2.34. The standard InChI is InChI=1S/C13H16FN3O3S/c1-13(4-5-21(19,20)7-11(15)17-13)9-6-8(12(16)18)2-3-10(9)14/h2-3,6H,4-5,7H2,1H3,(H2,15,17)(H2,16,18)/t13-/m0/s1. The largest absolute Gasteiger partial charge is 0.387 e. The Morgan fingerprint density at radius 2 is 2.10 bits per heavy atom. The molecule has 1 atom stereocenters. The molecule has 0 bridgehead atoms. The maximum Gasteiger partial charge on any atom is 0.248 e. The van der Waals surface area contributed by atoms with Gasteiger partial charge in [0.15, 0.2) is 9.84 Å². The van der Waals surface area contributed by atoms with E-state index in [0.29, 0.717) is 0 Å². The Morgan fingerprint density at radius 1 is 1.43 bits per heavy atom. The number of nitrogens with two attached hydrogens (primary N) is 2. The molecule has 1 amide bonds. The van der Waals surface area contributed by atoms with Gasteiger partial charge in [-0.15, -0.1) is 0 Å². The van der Waals surface area contributed by atoms with Crippen molar-refractivity contribution in [3.63, 3.8) is 0 Å². The van der Waals surface area contributed by atoms with Crippen LogP contribution in [0.1, 0.15) is 29.3 Å². The number of aliphatic imine (C=N–C) groups is 1. The van der Waals surface area contributed by atoms with Gasteiger partial charge in [0.25, 0.3) is 0 Å². The maximum absolute atomic E-state index is 14.1. The molecule has 1 aliphatic rings. The van der Waals surface area contributed by atoms with E-state index in [9.17, 15) is 17.6 Å². The van der Waals surface area contributed by atoms with Crippen LogP contribution in [0.5, 0.6) is 0 Å². The van der Waals surface area contributed by atoms with E-state index in [-0.39, 0.29) is 34.9 Å². The zero-order valence-corrected chi connectivity index (χ0v) is 12.3. The Balaban J connectivity index is 2.56. The van der Waals surface area contributed by atoms with Gasteiger partial charge < -0.3 is 11.5 Å². The number of halogens is 1. The lowest BCUT2D eigenvalue weighted by atomic mass is 9.88. The van der Waals surface area contributed by atoms with E-state index in [2.05, 4.69) is 4.99 Å². The van der Waals surface area contributed by atoms with Crippen LogP contribution in [0, 0.1) is 5.82 Å². The molecule has 1 aromatic rings. The number of amides is 1. The monoisotopic (exact) mass is 313 g/mol. The number of amidine groups is 1. The first-order valence-corrected chi connectivity index (χ1v) is 8.09. The van der Waals surface area contributed by atoms with Crippen molar-refractivity contribution in [2.75, 3.05) is 11.5 Å². The Morgan fingerprint density at radius 3 is 2.71 bits per heavy atom. The van der Waals surface area contributed by atoms with Crippen LogP contribution in [0.2, 0.25) is 0 Å². The Hall–Kier alpha value is -1.96. The van der Waals surface area contributed by atoms with E-state index < -0.39 is 27.1 Å². The second kappa shape index (κ2) is 5.10. The van der Waals surface area contributed by atoms with Crippen LogP contribution in [0.3, 0.4) is 0 Å². The van der Waals surface area contributed by atoms with Crippen molar-refractivity contribution in [3.05, 3.63) is 35.1 Å². The minimum absolute atomic E-state index is 0.0705. The van der Waals surface area contributed by atoms with Crippen molar-refractivity contribution in [2.45, 2.75) is 18.9 Å². The minimum atomic E-state index is -3.36. The molecular formula is C13H16FN3O3S. The van der Waals surface area contributed by atoms with Gasteiger partial charge in [-0.05, 0) is 31.5 Å². The number of carbonyl (C=O) groups is 1. The number of primary amides is 1. The molecule has 1 aromatic carbocycles. The second-order valence-corrected chi connectivity index (χ2v) is 7.46. The van der Waals surface area contributed by atoms with Crippen LogP contribution in [-0.2, 0) is 15.4 Å². The highest BCUT2D eigenvalue weighted by molar-refractivity contribution is 7.92. The molecule has 1 aliphatic heterocycles. The van der Waals surface area contributed by atoms with E-state index >= 15 is 0 Å². The summed E-state index contributed by atoms with van der Waals surface area (Å²) in [5.74, 6) is -1.86. The summed E-state index contributed by atoms with van der Waals surface area (Å²) in [5.41, 5.74) is 9.91. The predicted octanol–water partition coefficient (Wildman–Crippen LogP) is 0.316. The van der Waals surface area contributed by atoms with E-state index in [4.69, 9.17) is 11.5 Å². The molecule has 0 spiro atoms. The van der Waals surface area contributed by atoms with Crippen molar-refractivity contribution in [1.82, 2.24) is 0 Å². The lowest BCUT2D eigenvalue weighted by molar-refractivity contribution is 0.1000. The molecule has 0 radical (unpaired) electrons. The molecule has 6 nitrogen and oxygen atoms in total. The summed E-state index contributed by atoms with van der Waals surface area (Å²) >= 11 is 0. The molecule has 0 aromatic heterocycles. The molecule has 0 unspecified atom stereocenters. The third kappa shape index (κ3) is 3.21. The minimum Gasteiger partial charge on any atom is -0.387 e. The Kier molecular flexibility index (Phi) is 3.75. The fraction of sp³-hybridized carbons (Fsp3) is 0.385. The fourth-order valence-corrected chi connectivity index (χ4v) is 3.71. The van der Waals surface area contributed by atoms with Gasteiger partial charge in [0.2, 0.25) is 5.91 Å². The van der Waals surface area contributed by atoms with Gasteiger partial charge in [-0.3, -0.25) is 9.79 Å². The van der Waals surface area contributed by atoms with Gasteiger partial charge in [0.1, 0.15) is 17.4 Å². The Labute approximate surface area is 122 Å². The molecule has 0 aliphatic carbocycles. The number of benzene rings is 1. The van der Waals surface area contributed by atoms with Crippen LogP contribution >= 0.6 is 0 Å². The summed E-state index contributed by atoms with van der Waals surface area (Å²) in [6.07, 6.45) is 0.0785. The predicted molar refractivity (Wildman–Crippen MR) is 77.2 cm³/mol. The third-order valence-corrected chi connectivity index (χ3v) is 5.05. The van der Waals surface area contributed by atoms with Gasteiger partial charge in [0, 0.05) is 11.1 Å². The molecule has 0 saturated heterocycles. The SMILES string of the molecule is C[C@@]1(c2cc(C(N)=O)ccc2F)CCS(=O)(=O)CC(N)=N1. The number of hydrogen-bond donors (Lipinski definition) is 2. The summed E-state index contributed by atoms with van der Waals surface area (Å²) in [7, 11) is -3.36. The molecule has 8 heteroatoms. The highest BCUT2D eigenvalue weighted by Gasteiger charge is 2.34. The normalized spacial score (nSPS) is 25.0. The van der Waals surface area contributed by atoms with Crippen LogP contribution in [0.15, 0.2) is 23.2 Å².